The summed E-state index contributed by atoms with van der Waals surface area (Å²) in [6.45, 7) is 3.10. The quantitative estimate of drug-likeness (QED) is 0.899. The summed E-state index contributed by atoms with van der Waals surface area (Å²) in [4.78, 5) is 0. The summed E-state index contributed by atoms with van der Waals surface area (Å²) in [6.07, 6.45) is 4.84. The SMILES string of the molecule is CCSC1CCC(NCC2Cc3cc(F)ccc3O2)C1. The highest BCUT2D eigenvalue weighted by Crippen LogP contribution is 2.31. The second kappa shape index (κ2) is 6.35. The monoisotopic (exact) mass is 295 g/mol. The molecule has 3 rings (SSSR count). The molecule has 110 valence electrons. The molecule has 3 atom stereocenters. The summed E-state index contributed by atoms with van der Waals surface area (Å²) >= 11 is 2.08. The van der Waals surface area contributed by atoms with E-state index in [-0.39, 0.29) is 11.9 Å². The van der Waals surface area contributed by atoms with Gasteiger partial charge in [-0.05, 0) is 43.2 Å². The van der Waals surface area contributed by atoms with Crippen molar-refractivity contribution < 1.29 is 9.13 Å². The number of thioether (sulfide) groups is 1. The number of benzene rings is 1. The normalized spacial score (nSPS) is 28.4. The highest BCUT2D eigenvalue weighted by Gasteiger charge is 2.27. The summed E-state index contributed by atoms with van der Waals surface area (Å²) in [7, 11) is 0. The third-order valence-corrected chi connectivity index (χ3v) is 5.42. The number of ether oxygens (including phenoxy) is 1. The lowest BCUT2D eigenvalue weighted by Gasteiger charge is -2.16. The fourth-order valence-electron chi connectivity index (χ4n) is 3.21. The first-order valence-electron chi connectivity index (χ1n) is 7.54. The van der Waals surface area contributed by atoms with Gasteiger partial charge in [-0.25, -0.2) is 4.39 Å². The lowest BCUT2D eigenvalue weighted by Crippen LogP contribution is -2.36. The number of fused-ring (bicyclic) bond motifs is 1. The van der Waals surface area contributed by atoms with Gasteiger partial charge < -0.3 is 10.1 Å². The van der Waals surface area contributed by atoms with Gasteiger partial charge in [0.05, 0.1) is 0 Å². The smallest absolute Gasteiger partial charge is 0.123 e. The van der Waals surface area contributed by atoms with E-state index in [1.807, 2.05) is 0 Å². The van der Waals surface area contributed by atoms with Crippen molar-refractivity contribution in [2.24, 2.45) is 0 Å². The molecular weight excluding hydrogens is 273 g/mol. The fourth-order valence-corrected chi connectivity index (χ4v) is 4.36. The molecule has 1 fully saturated rings. The summed E-state index contributed by atoms with van der Waals surface area (Å²) in [5, 5.41) is 4.46. The Kier molecular flexibility index (Phi) is 4.51. The van der Waals surface area contributed by atoms with Gasteiger partial charge in [0.1, 0.15) is 17.7 Å². The van der Waals surface area contributed by atoms with E-state index < -0.39 is 0 Å². The van der Waals surface area contributed by atoms with Crippen molar-refractivity contribution in [1.82, 2.24) is 5.32 Å². The van der Waals surface area contributed by atoms with E-state index >= 15 is 0 Å². The third-order valence-electron chi connectivity index (χ3n) is 4.18. The minimum Gasteiger partial charge on any atom is -0.488 e. The summed E-state index contributed by atoms with van der Waals surface area (Å²) in [5.74, 6) is 1.89. The third kappa shape index (κ3) is 3.29. The van der Waals surface area contributed by atoms with Gasteiger partial charge in [0.15, 0.2) is 0 Å². The maximum absolute atomic E-state index is 13.2. The Morgan fingerprint density at radius 3 is 3.15 bits per heavy atom. The van der Waals surface area contributed by atoms with Crippen LogP contribution in [0.5, 0.6) is 5.75 Å². The highest BCUT2D eigenvalue weighted by atomic mass is 32.2. The fraction of sp³-hybridized carbons (Fsp3) is 0.625. The van der Waals surface area contributed by atoms with E-state index in [0.29, 0.717) is 6.04 Å². The van der Waals surface area contributed by atoms with Gasteiger partial charge in [-0.3, -0.25) is 0 Å². The molecule has 0 radical (unpaired) electrons. The number of halogens is 1. The van der Waals surface area contributed by atoms with Crippen LogP contribution in [0, 0.1) is 5.82 Å². The largest absolute Gasteiger partial charge is 0.488 e. The van der Waals surface area contributed by atoms with Crippen LogP contribution >= 0.6 is 11.8 Å². The van der Waals surface area contributed by atoms with E-state index in [9.17, 15) is 4.39 Å². The van der Waals surface area contributed by atoms with Crippen molar-refractivity contribution in [2.45, 2.75) is 50.0 Å². The maximum atomic E-state index is 13.2. The molecule has 2 aliphatic rings. The molecule has 0 bridgehead atoms. The maximum Gasteiger partial charge on any atom is 0.123 e. The van der Waals surface area contributed by atoms with Crippen LogP contribution in [0.1, 0.15) is 31.7 Å². The van der Waals surface area contributed by atoms with Gasteiger partial charge in [-0.1, -0.05) is 6.92 Å². The molecule has 1 aromatic rings. The second-order valence-corrected chi connectivity index (χ2v) is 7.27. The zero-order valence-electron chi connectivity index (χ0n) is 11.9. The molecule has 1 aliphatic carbocycles. The van der Waals surface area contributed by atoms with Gasteiger partial charge in [-0.2, -0.15) is 11.8 Å². The topological polar surface area (TPSA) is 21.3 Å². The lowest BCUT2D eigenvalue weighted by atomic mass is 10.1. The van der Waals surface area contributed by atoms with Crippen LogP contribution in [0.4, 0.5) is 4.39 Å². The van der Waals surface area contributed by atoms with E-state index in [4.69, 9.17) is 4.74 Å². The second-order valence-electron chi connectivity index (χ2n) is 5.69. The van der Waals surface area contributed by atoms with Crippen molar-refractivity contribution >= 4 is 11.8 Å². The number of rotatable bonds is 5. The van der Waals surface area contributed by atoms with Crippen molar-refractivity contribution in [3.8, 4) is 5.75 Å². The number of hydrogen-bond acceptors (Lipinski definition) is 3. The Morgan fingerprint density at radius 1 is 1.40 bits per heavy atom. The van der Waals surface area contributed by atoms with Crippen LogP contribution in [0.25, 0.3) is 0 Å². The van der Waals surface area contributed by atoms with Crippen molar-refractivity contribution in [3.05, 3.63) is 29.6 Å². The zero-order chi connectivity index (χ0) is 13.9. The summed E-state index contributed by atoms with van der Waals surface area (Å²) < 4.78 is 19.0. The molecule has 3 unspecified atom stereocenters. The molecule has 20 heavy (non-hydrogen) atoms. The molecule has 2 nitrogen and oxygen atoms in total. The Morgan fingerprint density at radius 2 is 2.30 bits per heavy atom. The van der Waals surface area contributed by atoms with Crippen LogP contribution in [-0.2, 0) is 6.42 Å². The van der Waals surface area contributed by atoms with Gasteiger partial charge in [-0.15, -0.1) is 0 Å². The predicted octanol–water partition coefficient (Wildman–Crippen LogP) is 3.39. The molecule has 1 N–H and O–H groups in total. The summed E-state index contributed by atoms with van der Waals surface area (Å²) in [5.41, 5.74) is 1.00. The molecule has 1 aromatic carbocycles. The van der Waals surface area contributed by atoms with E-state index in [0.717, 1.165) is 29.5 Å². The van der Waals surface area contributed by atoms with E-state index in [2.05, 4.69) is 24.0 Å². The van der Waals surface area contributed by atoms with Gasteiger partial charge in [0, 0.05) is 29.8 Å². The number of nitrogens with one attached hydrogen (secondary N) is 1. The molecular formula is C16H22FNOS. The average molecular weight is 295 g/mol. The summed E-state index contributed by atoms with van der Waals surface area (Å²) in [6, 6.07) is 5.44. The first-order valence-corrected chi connectivity index (χ1v) is 8.59. The lowest BCUT2D eigenvalue weighted by molar-refractivity contribution is 0.221. The first-order chi connectivity index (χ1) is 9.74. The molecule has 1 saturated carbocycles. The van der Waals surface area contributed by atoms with Crippen LogP contribution < -0.4 is 10.1 Å². The van der Waals surface area contributed by atoms with Gasteiger partial charge in [0.25, 0.3) is 0 Å². The average Bonchev–Trinajstić information content (AvgIpc) is 3.02. The molecule has 0 spiro atoms. The highest BCUT2D eigenvalue weighted by molar-refractivity contribution is 7.99. The van der Waals surface area contributed by atoms with Crippen LogP contribution in [0.2, 0.25) is 0 Å². The van der Waals surface area contributed by atoms with Crippen LogP contribution in [-0.4, -0.2) is 29.7 Å². The Hall–Kier alpha value is -0.740. The van der Waals surface area contributed by atoms with E-state index in [1.165, 1.54) is 31.1 Å². The van der Waals surface area contributed by atoms with Crippen molar-refractivity contribution in [1.29, 1.82) is 0 Å². The Labute approximate surface area is 124 Å². The predicted molar refractivity (Wildman–Crippen MR) is 82.1 cm³/mol. The standard InChI is InChI=1S/C16H22FNOS/c1-2-20-15-5-4-13(9-15)18-10-14-8-11-7-12(17)3-6-16(11)19-14/h3,6-7,13-15,18H,2,4-5,8-10H2,1H3. The zero-order valence-corrected chi connectivity index (χ0v) is 12.7. The minimum atomic E-state index is -0.170. The van der Waals surface area contributed by atoms with Gasteiger partial charge in [0.2, 0.25) is 0 Å². The number of hydrogen-bond donors (Lipinski definition) is 1. The molecule has 0 aromatic heterocycles. The molecule has 4 heteroatoms. The molecule has 0 amide bonds. The molecule has 1 heterocycles. The minimum absolute atomic E-state index is 0.157. The molecule has 0 saturated heterocycles. The first kappa shape index (κ1) is 14.2. The van der Waals surface area contributed by atoms with Gasteiger partial charge >= 0.3 is 0 Å². The Bertz CT molecular complexity index is 468. The Balaban J connectivity index is 1.45. The molecule has 1 aliphatic heterocycles. The van der Waals surface area contributed by atoms with E-state index in [1.54, 1.807) is 12.1 Å². The van der Waals surface area contributed by atoms with Crippen molar-refractivity contribution in [2.75, 3.05) is 12.3 Å². The van der Waals surface area contributed by atoms with Crippen molar-refractivity contribution in [3.63, 3.8) is 0 Å². The van der Waals surface area contributed by atoms with Crippen LogP contribution in [0.3, 0.4) is 0 Å². The van der Waals surface area contributed by atoms with Crippen LogP contribution in [0.15, 0.2) is 18.2 Å².